The third-order valence-electron chi connectivity index (χ3n) is 4.98. The third-order valence-corrected chi connectivity index (χ3v) is 4.98. The van der Waals surface area contributed by atoms with E-state index in [0.717, 1.165) is 11.3 Å². The number of rotatable bonds is 6. The van der Waals surface area contributed by atoms with E-state index < -0.39 is 12.1 Å². The summed E-state index contributed by atoms with van der Waals surface area (Å²) in [4.78, 5) is 15.4. The van der Waals surface area contributed by atoms with Crippen LogP contribution in [0.15, 0.2) is 66.9 Å². The van der Waals surface area contributed by atoms with Crippen LogP contribution in [0.4, 0.5) is 0 Å². The summed E-state index contributed by atoms with van der Waals surface area (Å²) in [6, 6.07) is 17.8. The number of carbonyl (C=O) groups is 1. The molecule has 0 unspecified atom stereocenters. The van der Waals surface area contributed by atoms with E-state index in [-0.39, 0.29) is 11.5 Å². The Labute approximate surface area is 168 Å². The van der Waals surface area contributed by atoms with E-state index in [1.165, 1.54) is 0 Å². The van der Waals surface area contributed by atoms with Gasteiger partial charge in [-0.25, -0.2) is 4.79 Å². The SMILES string of the molecule is O=C(O)c1cccc(C[C@H]2COc3ccc(OCc4ccccn4)cc3[C@H]2O)c1. The highest BCUT2D eigenvalue weighted by Gasteiger charge is 2.30. The number of benzene rings is 2. The van der Waals surface area contributed by atoms with Crippen molar-refractivity contribution in [2.45, 2.75) is 19.1 Å². The molecule has 2 atom stereocenters. The molecule has 29 heavy (non-hydrogen) atoms. The maximum atomic E-state index is 11.2. The standard InChI is InChI=1S/C23H21NO5/c25-22-17(11-15-4-3-5-16(10-15)23(26)27)13-29-21-8-7-19(12-20(21)22)28-14-18-6-1-2-9-24-18/h1-10,12,17,22,25H,11,13-14H2,(H,26,27)/t17-,22-/m0/s1. The molecule has 0 saturated carbocycles. The number of ether oxygens (including phenoxy) is 2. The van der Waals surface area contributed by atoms with Crippen molar-refractivity contribution in [1.29, 1.82) is 0 Å². The van der Waals surface area contributed by atoms with Crippen LogP contribution in [0.5, 0.6) is 11.5 Å². The molecule has 0 bridgehead atoms. The first-order chi connectivity index (χ1) is 14.1. The van der Waals surface area contributed by atoms with E-state index in [0.29, 0.717) is 36.7 Å². The van der Waals surface area contributed by atoms with Crippen LogP contribution in [0.1, 0.15) is 33.3 Å². The molecule has 2 aromatic carbocycles. The summed E-state index contributed by atoms with van der Waals surface area (Å²) in [6.07, 6.45) is 1.50. The topological polar surface area (TPSA) is 88.9 Å². The van der Waals surface area contributed by atoms with Crippen LogP contribution in [-0.2, 0) is 13.0 Å². The molecular weight excluding hydrogens is 370 g/mol. The molecule has 0 aliphatic carbocycles. The fourth-order valence-electron chi connectivity index (χ4n) is 3.47. The number of hydrogen-bond acceptors (Lipinski definition) is 5. The molecule has 2 heterocycles. The highest BCUT2D eigenvalue weighted by atomic mass is 16.5. The molecule has 0 amide bonds. The minimum Gasteiger partial charge on any atom is -0.493 e. The van der Waals surface area contributed by atoms with Gasteiger partial charge in [-0.2, -0.15) is 0 Å². The van der Waals surface area contributed by atoms with E-state index in [2.05, 4.69) is 4.98 Å². The normalized spacial score (nSPS) is 17.8. The van der Waals surface area contributed by atoms with Crippen LogP contribution in [0, 0.1) is 5.92 Å². The molecule has 0 radical (unpaired) electrons. The Morgan fingerprint density at radius 3 is 2.83 bits per heavy atom. The molecule has 0 spiro atoms. The van der Waals surface area contributed by atoms with Gasteiger partial charge in [0.15, 0.2) is 0 Å². The minimum absolute atomic E-state index is 0.183. The van der Waals surface area contributed by atoms with Gasteiger partial charge >= 0.3 is 5.97 Å². The number of carboxylic acid groups (broad SMARTS) is 1. The lowest BCUT2D eigenvalue weighted by atomic mass is 9.88. The Kier molecular flexibility index (Phi) is 5.44. The third kappa shape index (κ3) is 4.38. The average molecular weight is 391 g/mol. The second-order valence-electron chi connectivity index (χ2n) is 7.03. The van der Waals surface area contributed by atoms with Gasteiger partial charge in [0.25, 0.3) is 0 Å². The number of aliphatic hydroxyl groups excluding tert-OH is 1. The van der Waals surface area contributed by atoms with Crippen LogP contribution in [0.3, 0.4) is 0 Å². The van der Waals surface area contributed by atoms with Crippen molar-refractivity contribution in [3.05, 3.63) is 89.2 Å². The summed E-state index contributed by atoms with van der Waals surface area (Å²) in [5.74, 6) is 0.119. The second kappa shape index (κ2) is 8.32. The number of pyridine rings is 1. The van der Waals surface area contributed by atoms with Gasteiger partial charge in [-0.15, -0.1) is 0 Å². The van der Waals surface area contributed by atoms with E-state index in [4.69, 9.17) is 14.6 Å². The van der Waals surface area contributed by atoms with E-state index >= 15 is 0 Å². The Morgan fingerprint density at radius 1 is 1.14 bits per heavy atom. The molecule has 1 aliphatic rings. The molecule has 3 aromatic rings. The Hall–Kier alpha value is -3.38. The molecule has 6 nitrogen and oxygen atoms in total. The molecule has 2 N–H and O–H groups in total. The largest absolute Gasteiger partial charge is 0.493 e. The summed E-state index contributed by atoms with van der Waals surface area (Å²) >= 11 is 0. The number of aromatic nitrogens is 1. The van der Waals surface area contributed by atoms with Crippen LogP contribution < -0.4 is 9.47 Å². The zero-order valence-electron chi connectivity index (χ0n) is 15.7. The Morgan fingerprint density at radius 2 is 2.03 bits per heavy atom. The summed E-state index contributed by atoms with van der Waals surface area (Å²) in [6.45, 7) is 0.696. The van der Waals surface area contributed by atoms with Crippen molar-refractivity contribution in [3.8, 4) is 11.5 Å². The average Bonchev–Trinajstić information content (AvgIpc) is 2.75. The van der Waals surface area contributed by atoms with Crippen molar-refractivity contribution in [1.82, 2.24) is 4.98 Å². The van der Waals surface area contributed by atoms with E-state index in [1.54, 1.807) is 36.5 Å². The van der Waals surface area contributed by atoms with Crippen LogP contribution >= 0.6 is 0 Å². The number of hydrogen-bond donors (Lipinski definition) is 2. The zero-order valence-corrected chi connectivity index (χ0v) is 15.7. The van der Waals surface area contributed by atoms with Crippen LogP contribution in [-0.4, -0.2) is 27.8 Å². The van der Waals surface area contributed by atoms with E-state index in [9.17, 15) is 9.90 Å². The summed E-state index contributed by atoms with van der Waals surface area (Å²) in [7, 11) is 0. The molecule has 0 saturated heterocycles. The van der Waals surface area contributed by atoms with Crippen molar-refractivity contribution in [2.24, 2.45) is 5.92 Å². The smallest absolute Gasteiger partial charge is 0.335 e. The fraction of sp³-hybridized carbons (Fsp3) is 0.217. The first-order valence-corrected chi connectivity index (χ1v) is 9.40. The van der Waals surface area contributed by atoms with Crippen molar-refractivity contribution in [2.75, 3.05) is 6.61 Å². The zero-order chi connectivity index (χ0) is 20.2. The maximum Gasteiger partial charge on any atom is 0.335 e. The Balaban J connectivity index is 1.48. The van der Waals surface area contributed by atoms with Crippen molar-refractivity contribution in [3.63, 3.8) is 0 Å². The highest BCUT2D eigenvalue weighted by Crippen LogP contribution is 2.39. The summed E-state index contributed by atoms with van der Waals surface area (Å²) in [5.41, 5.74) is 2.58. The highest BCUT2D eigenvalue weighted by molar-refractivity contribution is 5.87. The molecule has 0 fully saturated rings. The van der Waals surface area contributed by atoms with Gasteiger partial charge in [-0.3, -0.25) is 4.98 Å². The predicted octanol–water partition coefficient (Wildman–Crippen LogP) is 3.64. The van der Waals surface area contributed by atoms with Crippen LogP contribution in [0.2, 0.25) is 0 Å². The second-order valence-corrected chi connectivity index (χ2v) is 7.03. The van der Waals surface area contributed by atoms with Gasteiger partial charge < -0.3 is 19.7 Å². The molecule has 6 heteroatoms. The summed E-state index contributed by atoms with van der Waals surface area (Å²) < 4.78 is 11.6. The van der Waals surface area contributed by atoms with Gasteiger partial charge in [0.1, 0.15) is 18.1 Å². The quantitative estimate of drug-likeness (QED) is 0.667. The number of aliphatic hydroxyl groups is 1. The van der Waals surface area contributed by atoms with Gasteiger partial charge in [0.05, 0.1) is 24.0 Å². The molecule has 148 valence electrons. The lowest BCUT2D eigenvalue weighted by Gasteiger charge is -2.30. The number of fused-ring (bicyclic) bond motifs is 1. The monoisotopic (exact) mass is 391 g/mol. The van der Waals surface area contributed by atoms with Gasteiger partial charge in [-0.05, 0) is 54.4 Å². The summed E-state index contributed by atoms with van der Waals surface area (Å²) in [5, 5.41) is 20.1. The van der Waals surface area contributed by atoms with E-state index in [1.807, 2.05) is 30.3 Å². The van der Waals surface area contributed by atoms with Gasteiger partial charge in [0.2, 0.25) is 0 Å². The molecule has 1 aromatic heterocycles. The lowest BCUT2D eigenvalue weighted by Crippen LogP contribution is -2.27. The molecule has 1 aliphatic heterocycles. The Bertz CT molecular complexity index is 1010. The minimum atomic E-state index is -0.965. The number of aromatic carboxylic acids is 1. The van der Waals surface area contributed by atoms with Crippen LogP contribution in [0.25, 0.3) is 0 Å². The first-order valence-electron chi connectivity index (χ1n) is 9.40. The predicted molar refractivity (Wildman–Crippen MR) is 106 cm³/mol. The van der Waals surface area contributed by atoms with Crippen molar-refractivity contribution < 1.29 is 24.5 Å². The van der Waals surface area contributed by atoms with Gasteiger partial charge in [0, 0.05) is 17.7 Å². The molecule has 4 rings (SSSR count). The number of carboxylic acids is 1. The fourth-order valence-corrected chi connectivity index (χ4v) is 3.47. The first kappa shape index (κ1) is 19.0. The van der Waals surface area contributed by atoms with Crippen molar-refractivity contribution >= 4 is 5.97 Å². The van der Waals surface area contributed by atoms with Gasteiger partial charge in [-0.1, -0.05) is 18.2 Å². The number of nitrogens with zero attached hydrogens (tertiary/aromatic N) is 1. The maximum absolute atomic E-state index is 11.2. The molecular formula is C23H21NO5. The lowest BCUT2D eigenvalue weighted by molar-refractivity contribution is 0.0504.